The van der Waals surface area contributed by atoms with E-state index in [9.17, 15) is 9.59 Å². The fraction of sp³-hybridized carbons (Fsp3) is 0.429. The molecule has 1 aliphatic heterocycles. The summed E-state index contributed by atoms with van der Waals surface area (Å²) in [4.78, 5) is 21.3. The van der Waals surface area contributed by atoms with Crippen molar-refractivity contribution in [1.29, 1.82) is 0 Å². The van der Waals surface area contributed by atoms with Gasteiger partial charge in [0.05, 0.1) is 0 Å². The Hall–Kier alpha value is -1.52. The maximum atomic E-state index is 10.7. The number of carboxylic acid groups (broad SMARTS) is 2. The molecule has 1 rings (SSSR count). The number of hydrogen-bond acceptors (Lipinski definition) is 3. The Kier molecular flexibility index (Phi) is 2.03. The van der Waals surface area contributed by atoms with Crippen LogP contribution in [0.1, 0.15) is 6.42 Å². The average molecular weight is 171 g/mol. The van der Waals surface area contributed by atoms with E-state index < -0.39 is 17.4 Å². The van der Waals surface area contributed by atoms with Gasteiger partial charge in [-0.05, 0) is 18.7 Å². The summed E-state index contributed by atoms with van der Waals surface area (Å²) in [5.41, 5.74) is -1.73. The van der Waals surface area contributed by atoms with Crippen LogP contribution in [0.2, 0.25) is 0 Å². The summed E-state index contributed by atoms with van der Waals surface area (Å²) in [7, 11) is 0. The fourth-order valence-electron chi connectivity index (χ4n) is 1.09. The molecule has 12 heavy (non-hydrogen) atoms. The highest BCUT2D eigenvalue weighted by molar-refractivity contribution is 6.00. The summed E-state index contributed by atoms with van der Waals surface area (Å²) in [5.74, 6) is -2.62. The van der Waals surface area contributed by atoms with Crippen LogP contribution in [-0.4, -0.2) is 28.7 Å². The van der Waals surface area contributed by atoms with Gasteiger partial charge in [-0.1, -0.05) is 0 Å². The Morgan fingerprint density at radius 3 is 2.17 bits per heavy atom. The van der Waals surface area contributed by atoms with Crippen molar-refractivity contribution in [3.63, 3.8) is 0 Å². The summed E-state index contributed by atoms with van der Waals surface area (Å²) < 4.78 is 0. The summed E-state index contributed by atoms with van der Waals surface area (Å²) in [5, 5.41) is 20.1. The van der Waals surface area contributed by atoms with Gasteiger partial charge in [-0.2, -0.15) is 0 Å². The molecule has 0 saturated carbocycles. The van der Waals surface area contributed by atoms with E-state index in [0.717, 1.165) is 0 Å². The van der Waals surface area contributed by atoms with E-state index in [1.165, 1.54) is 12.3 Å². The molecule has 0 atom stereocenters. The minimum Gasteiger partial charge on any atom is -0.480 e. The molecular weight excluding hydrogens is 162 g/mol. The van der Waals surface area contributed by atoms with Crippen LogP contribution in [0.15, 0.2) is 12.3 Å². The Bertz CT molecular complexity index is 232. The van der Waals surface area contributed by atoms with Crippen LogP contribution in [0, 0.1) is 5.41 Å². The third-order valence-electron chi connectivity index (χ3n) is 1.91. The maximum absolute atomic E-state index is 10.7. The van der Waals surface area contributed by atoms with Crippen LogP contribution in [0.5, 0.6) is 0 Å². The summed E-state index contributed by atoms with van der Waals surface area (Å²) in [6.45, 7) is 0.370. The predicted octanol–water partition coefficient (Wildman–Crippen LogP) is -0.351. The lowest BCUT2D eigenvalue weighted by molar-refractivity contribution is -0.161. The van der Waals surface area contributed by atoms with Crippen LogP contribution in [0.4, 0.5) is 0 Å². The largest absolute Gasteiger partial charge is 0.480 e. The molecule has 0 radical (unpaired) electrons. The molecule has 0 aromatic rings. The molecule has 0 unspecified atom stereocenters. The molecule has 5 heteroatoms. The Morgan fingerprint density at radius 2 is 1.92 bits per heavy atom. The number of hydrogen-bond donors (Lipinski definition) is 3. The van der Waals surface area contributed by atoms with Crippen molar-refractivity contribution in [3.05, 3.63) is 12.3 Å². The van der Waals surface area contributed by atoms with Gasteiger partial charge < -0.3 is 15.5 Å². The number of aliphatic carboxylic acids is 2. The van der Waals surface area contributed by atoms with Gasteiger partial charge in [0, 0.05) is 6.54 Å². The van der Waals surface area contributed by atoms with Gasteiger partial charge in [0.1, 0.15) is 0 Å². The minimum atomic E-state index is -1.73. The van der Waals surface area contributed by atoms with Gasteiger partial charge in [0.2, 0.25) is 0 Å². The number of rotatable bonds is 2. The zero-order valence-electron chi connectivity index (χ0n) is 6.28. The second-order valence-corrected chi connectivity index (χ2v) is 2.62. The van der Waals surface area contributed by atoms with Crippen LogP contribution in [0.25, 0.3) is 0 Å². The van der Waals surface area contributed by atoms with Gasteiger partial charge in [0.15, 0.2) is 5.41 Å². The fourth-order valence-corrected chi connectivity index (χ4v) is 1.09. The molecule has 1 heterocycles. The molecule has 1 aliphatic rings. The standard InChI is InChI=1S/C7H9NO4/c9-5(10)7(6(11)12)1-3-8-4-2-7/h1,3,8H,2,4H2,(H,9,10)(H,11,12). The van der Waals surface area contributed by atoms with Crippen molar-refractivity contribution in [1.82, 2.24) is 5.32 Å². The lowest BCUT2D eigenvalue weighted by Gasteiger charge is -2.24. The van der Waals surface area contributed by atoms with Gasteiger partial charge >= 0.3 is 11.9 Å². The molecule has 0 aromatic carbocycles. The molecule has 0 aliphatic carbocycles. The van der Waals surface area contributed by atoms with Crippen LogP contribution in [0.3, 0.4) is 0 Å². The van der Waals surface area contributed by atoms with Crippen LogP contribution >= 0.6 is 0 Å². The number of carbonyl (C=O) groups is 2. The summed E-state index contributed by atoms with van der Waals surface area (Å²) in [6, 6.07) is 0. The molecule has 0 aromatic heterocycles. The molecule has 0 saturated heterocycles. The molecule has 5 nitrogen and oxygen atoms in total. The van der Waals surface area contributed by atoms with E-state index in [0.29, 0.717) is 6.54 Å². The average Bonchev–Trinajstić information content (AvgIpc) is 2.05. The first-order chi connectivity index (χ1) is 5.59. The quantitative estimate of drug-likeness (QED) is 0.494. The summed E-state index contributed by atoms with van der Waals surface area (Å²) in [6.07, 6.45) is 2.61. The van der Waals surface area contributed by atoms with E-state index in [2.05, 4.69) is 5.32 Å². The second-order valence-electron chi connectivity index (χ2n) is 2.62. The molecule has 3 N–H and O–H groups in total. The smallest absolute Gasteiger partial charge is 0.325 e. The first kappa shape index (κ1) is 8.58. The van der Waals surface area contributed by atoms with E-state index >= 15 is 0 Å². The van der Waals surface area contributed by atoms with Gasteiger partial charge in [-0.15, -0.1) is 0 Å². The van der Waals surface area contributed by atoms with Crippen molar-refractivity contribution in [3.8, 4) is 0 Å². The van der Waals surface area contributed by atoms with Crippen LogP contribution < -0.4 is 5.32 Å². The first-order valence-corrected chi connectivity index (χ1v) is 3.47. The highest BCUT2D eigenvalue weighted by atomic mass is 16.4. The molecule has 0 fully saturated rings. The zero-order chi connectivity index (χ0) is 9.19. The summed E-state index contributed by atoms with van der Waals surface area (Å²) >= 11 is 0. The van der Waals surface area contributed by atoms with Crippen LogP contribution in [-0.2, 0) is 9.59 Å². The topological polar surface area (TPSA) is 86.6 Å². The van der Waals surface area contributed by atoms with Gasteiger partial charge in [-0.3, -0.25) is 9.59 Å². The van der Waals surface area contributed by atoms with Crippen molar-refractivity contribution in [2.24, 2.45) is 5.41 Å². The van der Waals surface area contributed by atoms with Gasteiger partial charge in [-0.25, -0.2) is 0 Å². The van der Waals surface area contributed by atoms with Crippen molar-refractivity contribution >= 4 is 11.9 Å². The minimum absolute atomic E-state index is 0.0775. The lowest BCUT2D eigenvalue weighted by atomic mass is 9.83. The molecule has 0 spiro atoms. The number of carboxylic acids is 2. The maximum Gasteiger partial charge on any atom is 0.325 e. The van der Waals surface area contributed by atoms with Crippen molar-refractivity contribution in [2.45, 2.75) is 6.42 Å². The molecule has 66 valence electrons. The van der Waals surface area contributed by atoms with E-state index in [4.69, 9.17) is 10.2 Å². The second kappa shape index (κ2) is 2.84. The first-order valence-electron chi connectivity index (χ1n) is 3.47. The predicted molar refractivity (Wildman–Crippen MR) is 39.5 cm³/mol. The Morgan fingerprint density at radius 1 is 1.33 bits per heavy atom. The Balaban J connectivity index is 3.01. The monoisotopic (exact) mass is 171 g/mol. The Labute approximate surface area is 68.7 Å². The third-order valence-corrected chi connectivity index (χ3v) is 1.91. The zero-order valence-corrected chi connectivity index (χ0v) is 6.28. The van der Waals surface area contributed by atoms with E-state index in [-0.39, 0.29) is 6.42 Å². The van der Waals surface area contributed by atoms with E-state index in [1.54, 1.807) is 0 Å². The third kappa shape index (κ3) is 1.13. The lowest BCUT2D eigenvalue weighted by Crippen LogP contribution is -2.42. The number of nitrogens with one attached hydrogen (secondary N) is 1. The normalized spacial score (nSPS) is 19.7. The SMILES string of the molecule is O=C(O)C1(C(=O)O)C=CNCC1. The highest BCUT2D eigenvalue weighted by Gasteiger charge is 2.44. The van der Waals surface area contributed by atoms with E-state index in [1.807, 2.05) is 0 Å². The highest BCUT2D eigenvalue weighted by Crippen LogP contribution is 2.26. The van der Waals surface area contributed by atoms with Crippen molar-refractivity contribution in [2.75, 3.05) is 6.54 Å². The molecular formula is C7H9NO4. The van der Waals surface area contributed by atoms with Gasteiger partial charge in [0.25, 0.3) is 0 Å². The molecule has 0 bridgehead atoms. The van der Waals surface area contributed by atoms with Crippen molar-refractivity contribution < 1.29 is 19.8 Å². The molecule has 0 amide bonds.